The maximum Gasteiger partial charge on any atom is 0.0843 e. The Kier molecular flexibility index (Phi) is 6.66. The first-order valence-corrected chi connectivity index (χ1v) is 8.28. The number of rotatable bonds is 6. The van der Waals surface area contributed by atoms with Crippen LogP contribution in [0.3, 0.4) is 0 Å². The molecular formula is C12H20Br2N2S. The minimum atomic E-state index is 0.309. The van der Waals surface area contributed by atoms with E-state index in [2.05, 4.69) is 63.7 Å². The third-order valence-corrected chi connectivity index (χ3v) is 6.47. The lowest BCUT2D eigenvalue weighted by Gasteiger charge is -2.31. The highest BCUT2D eigenvalue weighted by atomic mass is 79.9. The van der Waals surface area contributed by atoms with E-state index >= 15 is 0 Å². The molecule has 0 aromatic carbocycles. The number of likely N-dealkylation sites (N-methyl/N-ethyl adjacent to an activating group) is 1. The van der Waals surface area contributed by atoms with E-state index in [1.54, 1.807) is 11.3 Å². The van der Waals surface area contributed by atoms with E-state index in [9.17, 15) is 0 Å². The zero-order valence-corrected chi connectivity index (χ0v) is 14.5. The van der Waals surface area contributed by atoms with Crippen LogP contribution in [0.15, 0.2) is 14.3 Å². The van der Waals surface area contributed by atoms with Crippen LogP contribution in [-0.4, -0.2) is 24.5 Å². The molecule has 0 aliphatic rings. The maximum absolute atomic E-state index is 5.93. The Hall–Kier alpha value is 0.580. The molecule has 2 atom stereocenters. The third kappa shape index (κ3) is 4.03. The SMILES string of the molecule is CCCC(C)N(C)C(CN)c1cc(Br)c(Br)s1. The van der Waals surface area contributed by atoms with Crippen molar-refractivity contribution < 1.29 is 0 Å². The fraction of sp³-hybridized carbons (Fsp3) is 0.667. The van der Waals surface area contributed by atoms with Gasteiger partial charge < -0.3 is 5.73 Å². The topological polar surface area (TPSA) is 29.3 Å². The summed E-state index contributed by atoms with van der Waals surface area (Å²) in [6.07, 6.45) is 2.42. The second-order valence-electron chi connectivity index (χ2n) is 4.33. The molecular weight excluding hydrogens is 364 g/mol. The standard InChI is InChI=1S/C12H20Br2N2S/c1-4-5-8(2)16(3)10(7-15)11-6-9(13)12(14)17-11/h6,8,10H,4-5,7,15H2,1-3H3. The molecule has 0 saturated heterocycles. The van der Waals surface area contributed by atoms with Crippen molar-refractivity contribution in [2.75, 3.05) is 13.6 Å². The van der Waals surface area contributed by atoms with Crippen molar-refractivity contribution in [2.24, 2.45) is 5.73 Å². The number of hydrogen-bond acceptors (Lipinski definition) is 3. The summed E-state index contributed by atoms with van der Waals surface area (Å²) in [7, 11) is 2.17. The molecule has 0 radical (unpaired) electrons. The zero-order valence-electron chi connectivity index (χ0n) is 10.5. The lowest BCUT2D eigenvalue weighted by molar-refractivity contribution is 0.182. The average Bonchev–Trinajstić information content (AvgIpc) is 2.60. The highest BCUT2D eigenvalue weighted by Crippen LogP contribution is 2.37. The maximum atomic E-state index is 5.93. The lowest BCUT2D eigenvalue weighted by atomic mass is 10.1. The molecule has 0 aliphatic carbocycles. The Labute approximate surface area is 125 Å². The third-order valence-electron chi connectivity index (χ3n) is 3.11. The molecule has 5 heteroatoms. The van der Waals surface area contributed by atoms with Crippen LogP contribution in [0, 0.1) is 0 Å². The van der Waals surface area contributed by atoms with Gasteiger partial charge in [-0.3, -0.25) is 4.90 Å². The Bertz CT molecular complexity index is 335. The molecule has 2 nitrogen and oxygen atoms in total. The molecule has 2 N–H and O–H groups in total. The molecule has 0 amide bonds. The van der Waals surface area contributed by atoms with Gasteiger partial charge in [0.1, 0.15) is 0 Å². The molecule has 0 fully saturated rings. The van der Waals surface area contributed by atoms with Crippen LogP contribution in [0.25, 0.3) is 0 Å². The fourth-order valence-corrected chi connectivity index (χ4v) is 4.19. The van der Waals surface area contributed by atoms with Gasteiger partial charge in [0, 0.05) is 21.9 Å². The molecule has 17 heavy (non-hydrogen) atoms. The Morgan fingerprint density at radius 1 is 1.47 bits per heavy atom. The second-order valence-corrected chi connectivity index (χ2v) is 7.58. The van der Waals surface area contributed by atoms with Crippen molar-refractivity contribution in [3.8, 4) is 0 Å². The van der Waals surface area contributed by atoms with Crippen molar-refractivity contribution in [3.05, 3.63) is 19.2 Å². The first-order chi connectivity index (χ1) is 8.01. The van der Waals surface area contributed by atoms with Crippen LogP contribution in [0.5, 0.6) is 0 Å². The van der Waals surface area contributed by atoms with E-state index in [0.717, 1.165) is 8.26 Å². The molecule has 98 valence electrons. The van der Waals surface area contributed by atoms with Crippen LogP contribution in [-0.2, 0) is 0 Å². The summed E-state index contributed by atoms with van der Waals surface area (Å²) in [4.78, 5) is 3.70. The summed E-state index contributed by atoms with van der Waals surface area (Å²) in [6.45, 7) is 5.15. The number of nitrogens with two attached hydrogens (primary N) is 1. The van der Waals surface area contributed by atoms with Crippen LogP contribution in [0.1, 0.15) is 37.6 Å². The molecule has 0 saturated carbocycles. The molecule has 1 aromatic rings. The molecule has 0 bridgehead atoms. The van der Waals surface area contributed by atoms with Gasteiger partial charge in [0.05, 0.1) is 9.83 Å². The predicted octanol–water partition coefficient (Wildman–Crippen LogP) is 4.39. The molecule has 2 unspecified atom stereocenters. The van der Waals surface area contributed by atoms with Crippen molar-refractivity contribution in [2.45, 2.75) is 38.8 Å². The van der Waals surface area contributed by atoms with Gasteiger partial charge in [-0.25, -0.2) is 0 Å². The number of nitrogens with zero attached hydrogens (tertiary/aromatic N) is 1. The average molecular weight is 384 g/mol. The minimum absolute atomic E-state index is 0.309. The Morgan fingerprint density at radius 3 is 2.53 bits per heavy atom. The van der Waals surface area contributed by atoms with Crippen molar-refractivity contribution >= 4 is 43.2 Å². The quantitative estimate of drug-likeness (QED) is 0.788. The van der Waals surface area contributed by atoms with Gasteiger partial charge in [0.15, 0.2) is 0 Å². The van der Waals surface area contributed by atoms with E-state index in [-0.39, 0.29) is 0 Å². The fourth-order valence-electron chi connectivity index (χ4n) is 1.94. The van der Waals surface area contributed by atoms with E-state index in [1.165, 1.54) is 17.7 Å². The first kappa shape index (κ1) is 15.6. The van der Waals surface area contributed by atoms with Crippen molar-refractivity contribution in [3.63, 3.8) is 0 Å². The van der Waals surface area contributed by atoms with Crippen LogP contribution < -0.4 is 5.73 Å². The number of thiophene rings is 1. The van der Waals surface area contributed by atoms with Crippen molar-refractivity contribution in [1.29, 1.82) is 0 Å². The van der Waals surface area contributed by atoms with E-state index in [4.69, 9.17) is 5.73 Å². The van der Waals surface area contributed by atoms with Gasteiger partial charge in [-0.2, -0.15) is 0 Å². The van der Waals surface area contributed by atoms with Gasteiger partial charge >= 0.3 is 0 Å². The van der Waals surface area contributed by atoms with Crippen molar-refractivity contribution in [1.82, 2.24) is 4.90 Å². The molecule has 1 heterocycles. The summed E-state index contributed by atoms with van der Waals surface area (Å²) < 4.78 is 2.26. The van der Waals surface area contributed by atoms with Gasteiger partial charge in [-0.1, -0.05) is 13.3 Å². The van der Waals surface area contributed by atoms with Gasteiger partial charge in [-0.15, -0.1) is 11.3 Å². The minimum Gasteiger partial charge on any atom is -0.329 e. The van der Waals surface area contributed by atoms with Crippen LogP contribution in [0.2, 0.25) is 0 Å². The van der Waals surface area contributed by atoms with E-state index in [0.29, 0.717) is 18.6 Å². The first-order valence-electron chi connectivity index (χ1n) is 5.88. The largest absolute Gasteiger partial charge is 0.329 e. The Morgan fingerprint density at radius 2 is 2.12 bits per heavy atom. The summed E-state index contributed by atoms with van der Waals surface area (Å²) in [6, 6.07) is 3.04. The van der Waals surface area contributed by atoms with Gasteiger partial charge in [0.25, 0.3) is 0 Å². The summed E-state index contributed by atoms with van der Waals surface area (Å²) in [5.74, 6) is 0. The summed E-state index contributed by atoms with van der Waals surface area (Å²) >= 11 is 8.84. The van der Waals surface area contributed by atoms with Gasteiger partial charge in [0.2, 0.25) is 0 Å². The highest BCUT2D eigenvalue weighted by molar-refractivity contribution is 9.13. The van der Waals surface area contributed by atoms with Crippen LogP contribution in [0.4, 0.5) is 0 Å². The normalized spacial score (nSPS) is 15.2. The van der Waals surface area contributed by atoms with E-state index in [1.807, 2.05) is 0 Å². The zero-order chi connectivity index (χ0) is 13.0. The number of halogens is 2. The number of hydrogen-bond donors (Lipinski definition) is 1. The van der Waals surface area contributed by atoms with Gasteiger partial charge in [-0.05, 0) is 58.3 Å². The smallest absolute Gasteiger partial charge is 0.0843 e. The highest BCUT2D eigenvalue weighted by Gasteiger charge is 2.22. The Balaban J connectivity index is 2.83. The molecule has 1 rings (SSSR count). The van der Waals surface area contributed by atoms with Crippen LogP contribution >= 0.6 is 43.2 Å². The summed E-state index contributed by atoms with van der Waals surface area (Å²) in [5.41, 5.74) is 5.93. The van der Waals surface area contributed by atoms with E-state index < -0.39 is 0 Å². The molecule has 1 aromatic heterocycles. The molecule has 0 spiro atoms. The predicted molar refractivity (Wildman–Crippen MR) is 83.6 cm³/mol. The lowest BCUT2D eigenvalue weighted by Crippen LogP contribution is -2.36. The monoisotopic (exact) mass is 382 g/mol. The molecule has 0 aliphatic heterocycles. The second kappa shape index (κ2) is 7.24. The summed E-state index contributed by atoms with van der Waals surface area (Å²) in [5, 5.41) is 0.